The van der Waals surface area contributed by atoms with Crippen LogP contribution >= 0.6 is 0 Å². The average molecular weight is 344 g/mol. The molecule has 0 aliphatic heterocycles. The normalized spacial score (nSPS) is 13.6. The van der Waals surface area contributed by atoms with Gasteiger partial charge in [-0.15, -0.1) is 0 Å². The number of hydrogen-bond acceptors (Lipinski definition) is 4. The second-order valence-electron chi connectivity index (χ2n) is 6.40. The van der Waals surface area contributed by atoms with Crippen LogP contribution < -0.4 is 5.73 Å². The highest BCUT2D eigenvalue weighted by molar-refractivity contribution is 5.80. The molecule has 4 rings (SSSR count). The largest absolute Gasteiger partial charge is 0.438 e. The van der Waals surface area contributed by atoms with Crippen LogP contribution in [0.2, 0.25) is 0 Å². The molecule has 26 heavy (non-hydrogen) atoms. The zero-order valence-corrected chi connectivity index (χ0v) is 14.2. The highest BCUT2D eigenvalue weighted by Gasteiger charge is 2.23. The van der Waals surface area contributed by atoms with Crippen LogP contribution in [0, 0.1) is 0 Å². The Morgan fingerprint density at radius 2 is 1.58 bits per heavy atom. The third kappa shape index (κ3) is 3.38. The monoisotopic (exact) mass is 344 g/mol. The summed E-state index contributed by atoms with van der Waals surface area (Å²) in [5.41, 5.74) is 10.8. The van der Waals surface area contributed by atoms with Crippen molar-refractivity contribution in [2.45, 2.75) is 18.6 Å². The number of rotatable bonds is 5. The molecule has 0 fully saturated rings. The van der Waals surface area contributed by atoms with Gasteiger partial charge in [0, 0.05) is 6.04 Å². The second kappa shape index (κ2) is 7.12. The summed E-state index contributed by atoms with van der Waals surface area (Å²) in [6.07, 6.45) is -0.404. The Morgan fingerprint density at radius 3 is 2.31 bits per heavy atom. The Bertz CT molecular complexity index is 997. The smallest absolute Gasteiger partial charge is 0.225 e. The maximum Gasteiger partial charge on any atom is 0.225 e. The van der Waals surface area contributed by atoms with Crippen molar-refractivity contribution in [1.29, 1.82) is 0 Å². The van der Waals surface area contributed by atoms with Crippen molar-refractivity contribution in [3.05, 3.63) is 90.3 Å². The van der Waals surface area contributed by atoms with Gasteiger partial charge in [-0.05, 0) is 35.2 Å². The number of nitrogens with two attached hydrogens (primary N) is 1. The standard InChI is InChI=1S/C22H20N2O2/c23-18(13-15-7-3-1-4-8-15)21(25)22-24-19-14-17(11-12-20(19)26-22)16-9-5-2-6-10-16/h1-12,14,18,21,25H,13,23H2. The quantitative estimate of drug-likeness (QED) is 0.572. The Labute approximate surface area is 151 Å². The Hall–Kier alpha value is -2.95. The van der Waals surface area contributed by atoms with Gasteiger partial charge in [0.05, 0.1) is 0 Å². The number of nitrogens with zero attached hydrogens (tertiary/aromatic N) is 1. The summed E-state index contributed by atoms with van der Waals surface area (Å²) in [7, 11) is 0. The molecule has 2 unspecified atom stereocenters. The molecular formula is C22H20N2O2. The van der Waals surface area contributed by atoms with Crippen molar-refractivity contribution in [2.24, 2.45) is 5.73 Å². The van der Waals surface area contributed by atoms with E-state index in [9.17, 15) is 5.11 Å². The second-order valence-corrected chi connectivity index (χ2v) is 6.40. The van der Waals surface area contributed by atoms with E-state index in [1.54, 1.807) is 0 Å². The van der Waals surface area contributed by atoms with Gasteiger partial charge in [-0.3, -0.25) is 0 Å². The number of aliphatic hydroxyl groups is 1. The van der Waals surface area contributed by atoms with Crippen molar-refractivity contribution in [1.82, 2.24) is 4.98 Å². The number of aliphatic hydroxyl groups excluding tert-OH is 1. The molecule has 4 nitrogen and oxygen atoms in total. The zero-order valence-electron chi connectivity index (χ0n) is 14.2. The van der Waals surface area contributed by atoms with E-state index in [0.29, 0.717) is 17.5 Å². The Kier molecular flexibility index (Phi) is 4.52. The van der Waals surface area contributed by atoms with Crippen molar-refractivity contribution >= 4 is 11.1 Å². The predicted octanol–water partition coefficient (Wildman–Crippen LogP) is 4.10. The molecule has 0 aliphatic carbocycles. The van der Waals surface area contributed by atoms with Crippen LogP contribution in [0.4, 0.5) is 0 Å². The van der Waals surface area contributed by atoms with Crippen LogP contribution in [0.15, 0.2) is 83.3 Å². The molecule has 4 heteroatoms. The molecular weight excluding hydrogens is 324 g/mol. The maximum absolute atomic E-state index is 10.6. The van der Waals surface area contributed by atoms with E-state index in [2.05, 4.69) is 4.98 Å². The minimum atomic E-state index is -0.956. The zero-order chi connectivity index (χ0) is 17.9. The van der Waals surface area contributed by atoms with Gasteiger partial charge < -0.3 is 15.3 Å². The number of aromatic nitrogens is 1. The van der Waals surface area contributed by atoms with Crippen LogP contribution in [0.25, 0.3) is 22.2 Å². The first-order chi connectivity index (χ1) is 12.7. The SMILES string of the molecule is NC(Cc1ccccc1)C(O)c1nc2cc(-c3ccccc3)ccc2o1. The van der Waals surface area contributed by atoms with Crippen LogP contribution in [-0.2, 0) is 6.42 Å². The first-order valence-corrected chi connectivity index (χ1v) is 8.64. The lowest BCUT2D eigenvalue weighted by Gasteiger charge is -2.15. The fraction of sp³-hybridized carbons (Fsp3) is 0.136. The molecule has 2 atom stereocenters. The molecule has 0 bridgehead atoms. The van der Waals surface area contributed by atoms with Crippen LogP contribution in [0.5, 0.6) is 0 Å². The lowest BCUT2D eigenvalue weighted by atomic mass is 10.0. The van der Waals surface area contributed by atoms with E-state index >= 15 is 0 Å². The summed E-state index contributed by atoms with van der Waals surface area (Å²) in [4.78, 5) is 4.46. The average Bonchev–Trinajstić information content (AvgIpc) is 3.12. The lowest BCUT2D eigenvalue weighted by Crippen LogP contribution is -2.30. The molecule has 3 aromatic carbocycles. The van der Waals surface area contributed by atoms with E-state index in [1.807, 2.05) is 78.9 Å². The van der Waals surface area contributed by atoms with Gasteiger partial charge in [0.25, 0.3) is 0 Å². The molecule has 0 radical (unpaired) electrons. The minimum absolute atomic E-state index is 0.258. The van der Waals surface area contributed by atoms with Crippen LogP contribution in [0.1, 0.15) is 17.6 Å². The molecule has 4 aromatic rings. The topological polar surface area (TPSA) is 72.3 Å². The molecule has 1 heterocycles. The fourth-order valence-corrected chi connectivity index (χ4v) is 3.06. The van der Waals surface area contributed by atoms with Crippen LogP contribution in [-0.4, -0.2) is 16.1 Å². The first kappa shape index (κ1) is 16.5. The minimum Gasteiger partial charge on any atom is -0.438 e. The maximum atomic E-state index is 10.6. The summed E-state index contributed by atoms with van der Waals surface area (Å²) in [5.74, 6) is 0.258. The van der Waals surface area contributed by atoms with Crippen molar-refractivity contribution < 1.29 is 9.52 Å². The van der Waals surface area contributed by atoms with Gasteiger partial charge in [-0.1, -0.05) is 66.7 Å². The van der Waals surface area contributed by atoms with Gasteiger partial charge >= 0.3 is 0 Å². The Balaban J connectivity index is 1.58. The molecule has 0 saturated carbocycles. The molecule has 3 N–H and O–H groups in total. The first-order valence-electron chi connectivity index (χ1n) is 8.64. The van der Waals surface area contributed by atoms with Gasteiger partial charge in [-0.25, -0.2) is 4.98 Å². The highest BCUT2D eigenvalue weighted by Crippen LogP contribution is 2.27. The summed E-state index contributed by atoms with van der Waals surface area (Å²) >= 11 is 0. The Morgan fingerprint density at radius 1 is 0.885 bits per heavy atom. The molecule has 0 amide bonds. The number of benzene rings is 3. The van der Waals surface area contributed by atoms with E-state index in [0.717, 1.165) is 16.7 Å². The predicted molar refractivity (Wildman–Crippen MR) is 103 cm³/mol. The van der Waals surface area contributed by atoms with Gasteiger partial charge in [0.2, 0.25) is 5.89 Å². The number of hydrogen-bond donors (Lipinski definition) is 2. The molecule has 0 saturated heterocycles. The molecule has 1 aromatic heterocycles. The van der Waals surface area contributed by atoms with Crippen molar-refractivity contribution in [3.63, 3.8) is 0 Å². The third-order valence-corrected chi connectivity index (χ3v) is 4.48. The summed E-state index contributed by atoms with van der Waals surface area (Å²) < 4.78 is 5.74. The molecule has 0 aliphatic rings. The van der Waals surface area contributed by atoms with E-state index in [1.165, 1.54) is 0 Å². The number of oxazole rings is 1. The lowest BCUT2D eigenvalue weighted by molar-refractivity contribution is 0.117. The summed E-state index contributed by atoms with van der Waals surface area (Å²) in [6.45, 7) is 0. The third-order valence-electron chi connectivity index (χ3n) is 4.48. The van der Waals surface area contributed by atoms with Gasteiger partial charge in [0.1, 0.15) is 11.6 Å². The van der Waals surface area contributed by atoms with Crippen LogP contribution in [0.3, 0.4) is 0 Å². The van der Waals surface area contributed by atoms with Crippen molar-refractivity contribution in [3.8, 4) is 11.1 Å². The molecule has 130 valence electrons. The highest BCUT2D eigenvalue weighted by atomic mass is 16.4. The fourth-order valence-electron chi connectivity index (χ4n) is 3.06. The summed E-state index contributed by atoms with van der Waals surface area (Å²) in [5, 5.41) is 10.6. The molecule has 0 spiro atoms. The van der Waals surface area contributed by atoms with E-state index in [-0.39, 0.29) is 5.89 Å². The number of fused-ring (bicyclic) bond motifs is 1. The van der Waals surface area contributed by atoms with Gasteiger partial charge in [-0.2, -0.15) is 0 Å². The summed E-state index contributed by atoms with van der Waals surface area (Å²) in [6, 6.07) is 25.3. The van der Waals surface area contributed by atoms with Gasteiger partial charge in [0.15, 0.2) is 5.58 Å². The van der Waals surface area contributed by atoms with E-state index < -0.39 is 12.1 Å². The van der Waals surface area contributed by atoms with Crippen molar-refractivity contribution in [2.75, 3.05) is 0 Å². The van der Waals surface area contributed by atoms with E-state index in [4.69, 9.17) is 10.2 Å².